The van der Waals surface area contributed by atoms with E-state index >= 15 is 0 Å². The van der Waals surface area contributed by atoms with Crippen molar-refractivity contribution < 1.29 is 4.43 Å². The molecule has 12 heavy (non-hydrogen) atoms. The molecule has 0 aromatic rings. The molecule has 0 atom stereocenters. The highest BCUT2D eigenvalue weighted by atomic mass is 32.2. The molecule has 0 bridgehead atoms. The smallest absolute Gasteiger partial charge is 0.246 e. The van der Waals surface area contributed by atoms with Crippen molar-refractivity contribution in [2.24, 2.45) is 0 Å². The number of thioether (sulfide) groups is 1. The molecule has 0 aliphatic rings. The van der Waals surface area contributed by atoms with Gasteiger partial charge in [-0.05, 0) is 44.9 Å². The average Bonchev–Trinajstić information content (AvgIpc) is 2.04. The van der Waals surface area contributed by atoms with E-state index in [0.717, 1.165) is 25.0 Å². The molecular weight excluding hydrogens is 186 g/mol. The molecule has 0 spiro atoms. The summed E-state index contributed by atoms with van der Waals surface area (Å²) in [4.78, 5) is 0. The minimum Gasteiger partial charge on any atom is -0.414 e. The van der Waals surface area contributed by atoms with E-state index in [-0.39, 0.29) is 5.60 Å². The third-order valence-corrected chi connectivity index (χ3v) is 2.79. The Labute approximate surface area is 82.2 Å². The quantitative estimate of drug-likeness (QED) is 0.374. The van der Waals surface area contributed by atoms with Crippen LogP contribution in [0.3, 0.4) is 0 Å². The third-order valence-electron chi connectivity index (χ3n) is 1.62. The first-order chi connectivity index (χ1) is 5.62. The lowest BCUT2D eigenvalue weighted by molar-refractivity contribution is 0.110. The van der Waals surface area contributed by atoms with Gasteiger partial charge in [-0.25, -0.2) is 0 Å². The van der Waals surface area contributed by atoms with Gasteiger partial charge in [0.25, 0.3) is 0 Å². The zero-order valence-corrected chi connectivity index (χ0v) is 9.41. The van der Waals surface area contributed by atoms with Gasteiger partial charge in [0.05, 0.1) is 0 Å². The van der Waals surface area contributed by atoms with Gasteiger partial charge in [0, 0.05) is 11.4 Å². The summed E-state index contributed by atoms with van der Waals surface area (Å²) in [5, 5.41) is 10.3. The van der Waals surface area contributed by atoms with Gasteiger partial charge in [0.15, 0.2) is 0 Å². The number of hydrogen-bond acceptors (Lipinski definition) is 3. The highest BCUT2D eigenvalue weighted by molar-refractivity contribution is 8.03. The number of thiocyanates is 1. The zero-order chi connectivity index (χ0) is 9.45. The van der Waals surface area contributed by atoms with Gasteiger partial charge in [-0.3, -0.25) is 0 Å². The molecule has 3 radical (unpaired) electrons. The van der Waals surface area contributed by atoms with Crippen molar-refractivity contribution in [1.82, 2.24) is 0 Å². The predicted octanol–water partition coefficient (Wildman–Crippen LogP) is 2.25. The molecule has 0 aromatic carbocycles. The third kappa shape index (κ3) is 6.71. The van der Waals surface area contributed by atoms with Crippen molar-refractivity contribution in [2.75, 3.05) is 5.75 Å². The monoisotopic (exact) mass is 200 g/mol. The van der Waals surface area contributed by atoms with E-state index in [1.807, 2.05) is 13.8 Å². The van der Waals surface area contributed by atoms with Gasteiger partial charge < -0.3 is 4.43 Å². The SMILES string of the molecule is CC(C)(CCCCSC#N)O[Si]. The van der Waals surface area contributed by atoms with Crippen LogP contribution >= 0.6 is 11.8 Å². The Hall–Kier alpha value is 0.0169. The molecule has 0 fully saturated rings. The Morgan fingerprint density at radius 2 is 2.17 bits per heavy atom. The van der Waals surface area contributed by atoms with E-state index < -0.39 is 0 Å². The molecule has 0 aliphatic heterocycles. The molecule has 0 amide bonds. The lowest BCUT2D eigenvalue weighted by atomic mass is 10.0. The summed E-state index contributed by atoms with van der Waals surface area (Å²) in [6.45, 7) is 4.08. The highest BCUT2D eigenvalue weighted by Gasteiger charge is 2.14. The molecule has 0 N–H and O–H groups in total. The molecule has 4 heteroatoms. The van der Waals surface area contributed by atoms with Crippen molar-refractivity contribution >= 4 is 22.2 Å². The van der Waals surface area contributed by atoms with Gasteiger partial charge in [-0.15, -0.1) is 0 Å². The molecule has 0 unspecified atom stereocenters. The van der Waals surface area contributed by atoms with Crippen LogP contribution < -0.4 is 0 Å². The first-order valence-electron chi connectivity index (χ1n) is 3.98. The minimum atomic E-state index is -0.0891. The first-order valence-corrected chi connectivity index (χ1v) is 5.37. The molecule has 0 aromatic heterocycles. The van der Waals surface area contributed by atoms with E-state index in [1.165, 1.54) is 11.8 Å². The molecule has 0 saturated carbocycles. The summed E-state index contributed by atoms with van der Waals surface area (Å²) in [6, 6.07) is 0. The Kier molecular flexibility index (Phi) is 6.53. The van der Waals surface area contributed by atoms with Crippen LogP contribution in [0.2, 0.25) is 0 Å². The second-order valence-corrected chi connectivity index (χ2v) is 4.34. The van der Waals surface area contributed by atoms with E-state index in [2.05, 4.69) is 15.9 Å². The number of unbranched alkanes of at least 4 members (excludes halogenated alkanes) is 1. The molecule has 0 saturated heterocycles. The maximum atomic E-state index is 8.25. The fourth-order valence-corrected chi connectivity index (χ4v) is 1.36. The molecular formula is C8H14NOSSi. The number of rotatable bonds is 6. The van der Waals surface area contributed by atoms with Crippen molar-refractivity contribution in [3.8, 4) is 5.40 Å². The maximum Gasteiger partial charge on any atom is 0.246 e. The standard InChI is InChI=1S/C8H14NOSSi/c1-8(2,10-12)5-3-4-6-11-7-9/h3-6H2,1-2H3. The topological polar surface area (TPSA) is 33.0 Å². The van der Waals surface area contributed by atoms with E-state index in [9.17, 15) is 0 Å². The summed E-state index contributed by atoms with van der Waals surface area (Å²) in [5.74, 6) is 0.925. The molecule has 0 aliphatic carbocycles. The largest absolute Gasteiger partial charge is 0.414 e. The second kappa shape index (κ2) is 6.52. The number of nitrogens with zero attached hydrogens (tertiary/aromatic N) is 1. The van der Waals surface area contributed by atoms with Gasteiger partial charge in [0.1, 0.15) is 5.40 Å². The van der Waals surface area contributed by atoms with Gasteiger partial charge in [-0.2, -0.15) is 5.26 Å². The predicted molar refractivity (Wildman–Crippen MR) is 52.8 cm³/mol. The normalized spacial score (nSPS) is 11.2. The van der Waals surface area contributed by atoms with E-state index in [4.69, 9.17) is 9.69 Å². The Bertz CT molecular complexity index is 156. The van der Waals surface area contributed by atoms with Crippen molar-refractivity contribution in [3.05, 3.63) is 0 Å². The molecule has 67 valence electrons. The Morgan fingerprint density at radius 1 is 1.50 bits per heavy atom. The Balaban J connectivity index is 3.26. The summed E-state index contributed by atoms with van der Waals surface area (Å²) in [5.41, 5.74) is -0.0891. The van der Waals surface area contributed by atoms with Crippen LogP contribution in [0.1, 0.15) is 33.1 Å². The van der Waals surface area contributed by atoms with Crippen LogP contribution in [0.4, 0.5) is 0 Å². The van der Waals surface area contributed by atoms with Gasteiger partial charge >= 0.3 is 0 Å². The van der Waals surface area contributed by atoms with Crippen LogP contribution in [0.25, 0.3) is 0 Å². The lowest BCUT2D eigenvalue weighted by Gasteiger charge is -2.22. The van der Waals surface area contributed by atoms with Crippen LogP contribution in [0.15, 0.2) is 0 Å². The van der Waals surface area contributed by atoms with Crippen LogP contribution in [0.5, 0.6) is 0 Å². The highest BCUT2D eigenvalue weighted by Crippen LogP contribution is 2.17. The van der Waals surface area contributed by atoms with Gasteiger partial charge in [-0.1, -0.05) is 0 Å². The fraction of sp³-hybridized carbons (Fsp3) is 0.875. The molecule has 0 heterocycles. The lowest BCUT2D eigenvalue weighted by Crippen LogP contribution is -2.22. The second-order valence-electron chi connectivity index (χ2n) is 3.26. The first kappa shape index (κ1) is 12.0. The van der Waals surface area contributed by atoms with Crippen molar-refractivity contribution in [1.29, 1.82) is 5.26 Å². The van der Waals surface area contributed by atoms with Crippen LogP contribution in [0, 0.1) is 10.7 Å². The molecule has 0 rings (SSSR count). The van der Waals surface area contributed by atoms with Crippen molar-refractivity contribution in [3.63, 3.8) is 0 Å². The van der Waals surface area contributed by atoms with E-state index in [1.54, 1.807) is 0 Å². The summed E-state index contributed by atoms with van der Waals surface area (Å²) in [6.07, 6.45) is 3.20. The summed E-state index contributed by atoms with van der Waals surface area (Å²) >= 11 is 1.32. The summed E-state index contributed by atoms with van der Waals surface area (Å²) < 4.78 is 5.08. The number of hydrogen-bond donors (Lipinski definition) is 0. The zero-order valence-electron chi connectivity index (χ0n) is 7.59. The minimum absolute atomic E-state index is 0.0891. The van der Waals surface area contributed by atoms with Crippen LogP contribution in [-0.2, 0) is 4.43 Å². The molecule has 2 nitrogen and oxygen atoms in total. The van der Waals surface area contributed by atoms with Crippen LogP contribution in [-0.4, -0.2) is 21.8 Å². The average molecular weight is 200 g/mol. The maximum absolute atomic E-state index is 8.25. The van der Waals surface area contributed by atoms with E-state index in [0.29, 0.717) is 0 Å². The summed E-state index contributed by atoms with van der Waals surface area (Å²) in [7, 11) is 3.04. The fourth-order valence-electron chi connectivity index (χ4n) is 0.822. The van der Waals surface area contributed by atoms with Crippen molar-refractivity contribution in [2.45, 2.75) is 38.7 Å². The Morgan fingerprint density at radius 3 is 2.67 bits per heavy atom. The number of nitriles is 1. The van der Waals surface area contributed by atoms with Gasteiger partial charge in [0.2, 0.25) is 10.5 Å².